The third-order valence-electron chi connectivity index (χ3n) is 7.27. The van der Waals surface area contributed by atoms with Crippen LogP contribution in [0.4, 0.5) is 4.79 Å². The molecule has 2 amide bonds. The lowest BCUT2D eigenvalue weighted by Gasteiger charge is -2.48. The molecule has 3 aromatic rings. The van der Waals surface area contributed by atoms with Gasteiger partial charge < -0.3 is 9.64 Å². The van der Waals surface area contributed by atoms with Gasteiger partial charge in [0.25, 0.3) is 5.91 Å². The van der Waals surface area contributed by atoms with Gasteiger partial charge in [-0.2, -0.15) is 0 Å². The molecule has 2 aromatic carbocycles. The van der Waals surface area contributed by atoms with Gasteiger partial charge in [0, 0.05) is 48.9 Å². The van der Waals surface area contributed by atoms with Crippen molar-refractivity contribution in [1.29, 1.82) is 0 Å². The van der Waals surface area contributed by atoms with Gasteiger partial charge >= 0.3 is 6.09 Å². The third-order valence-corrected chi connectivity index (χ3v) is 7.50. The van der Waals surface area contributed by atoms with Gasteiger partial charge in [-0.3, -0.25) is 14.7 Å². The molecule has 1 atom stereocenters. The first-order chi connectivity index (χ1) is 16.4. The van der Waals surface area contributed by atoms with Crippen molar-refractivity contribution in [2.45, 2.75) is 37.5 Å². The van der Waals surface area contributed by atoms with Gasteiger partial charge in [-0.1, -0.05) is 54.1 Å². The zero-order chi connectivity index (χ0) is 23.8. The van der Waals surface area contributed by atoms with E-state index in [2.05, 4.69) is 11.9 Å². The summed E-state index contributed by atoms with van der Waals surface area (Å²) in [4.78, 5) is 34.4. The fourth-order valence-corrected chi connectivity index (χ4v) is 5.46. The SMILES string of the molecule is CC1(c2cccnc2)N(Cc2ccccc2)C(=O)OC12CCN(C(=O)c1cccc(Cl)c1)CC2. The first-order valence-corrected chi connectivity index (χ1v) is 11.8. The first-order valence-electron chi connectivity index (χ1n) is 11.4. The average molecular weight is 476 g/mol. The zero-order valence-electron chi connectivity index (χ0n) is 19.0. The van der Waals surface area contributed by atoms with Gasteiger partial charge in [0.1, 0.15) is 11.1 Å². The molecular weight excluding hydrogens is 450 g/mol. The normalized spacial score (nSPS) is 21.5. The second kappa shape index (κ2) is 8.76. The summed E-state index contributed by atoms with van der Waals surface area (Å²) in [5.41, 5.74) is 1.01. The lowest BCUT2D eigenvalue weighted by molar-refractivity contribution is -0.0552. The highest BCUT2D eigenvalue weighted by molar-refractivity contribution is 6.30. The van der Waals surface area contributed by atoms with Crippen molar-refractivity contribution in [3.8, 4) is 0 Å². The number of carbonyl (C=O) groups is 2. The Balaban J connectivity index is 1.46. The van der Waals surface area contributed by atoms with Gasteiger partial charge in [0.15, 0.2) is 0 Å². The minimum atomic E-state index is -0.771. The van der Waals surface area contributed by atoms with Crippen LogP contribution in [0.5, 0.6) is 0 Å². The number of pyridine rings is 1. The molecule has 0 bridgehead atoms. The first kappa shape index (κ1) is 22.4. The van der Waals surface area contributed by atoms with Gasteiger partial charge in [-0.05, 0) is 42.3 Å². The van der Waals surface area contributed by atoms with Crippen molar-refractivity contribution in [2.75, 3.05) is 13.1 Å². The largest absolute Gasteiger partial charge is 0.440 e. The van der Waals surface area contributed by atoms with Crippen molar-refractivity contribution >= 4 is 23.6 Å². The Morgan fingerprint density at radius 3 is 2.50 bits per heavy atom. The maximum atomic E-state index is 13.3. The van der Waals surface area contributed by atoms with Crippen molar-refractivity contribution in [3.05, 3.63) is 101 Å². The zero-order valence-corrected chi connectivity index (χ0v) is 19.7. The van der Waals surface area contributed by atoms with E-state index in [1.807, 2.05) is 58.5 Å². The molecular formula is C27H26ClN3O3. The lowest BCUT2D eigenvalue weighted by atomic mass is 9.70. The minimum Gasteiger partial charge on any atom is -0.440 e. The van der Waals surface area contributed by atoms with Crippen LogP contribution in [0.2, 0.25) is 5.02 Å². The summed E-state index contributed by atoms with van der Waals surface area (Å²) in [5, 5.41) is 0.532. The monoisotopic (exact) mass is 475 g/mol. The van der Waals surface area contributed by atoms with Crippen LogP contribution in [0, 0.1) is 0 Å². The van der Waals surface area contributed by atoms with E-state index in [-0.39, 0.29) is 12.0 Å². The molecule has 1 unspecified atom stereocenters. The number of piperidine rings is 1. The lowest BCUT2D eigenvalue weighted by Crippen LogP contribution is -2.58. The number of hydrogen-bond donors (Lipinski definition) is 0. The highest BCUT2D eigenvalue weighted by Gasteiger charge is 2.64. The quantitative estimate of drug-likeness (QED) is 0.515. The molecule has 0 aliphatic carbocycles. The number of nitrogens with zero attached hydrogens (tertiary/aromatic N) is 3. The summed E-state index contributed by atoms with van der Waals surface area (Å²) >= 11 is 6.09. The van der Waals surface area contributed by atoms with Crippen LogP contribution in [0.15, 0.2) is 79.1 Å². The number of rotatable bonds is 4. The van der Waals surface area contributed by atoms with Gasteiger partial charge in [0.2, 0.25) is 0 Å². The molecule has 0 saturated carbocycles. The van der Waals surface area contributed by atoms with E-state index in [9.17, 15) is 9.59 Å². The summed E-state index contributed by atoms with van der Waals surface area (Å²) in [6.45, 7) is 3.45. The number of hydrogen-bond acceptors (Lipinski definition) is 4. The molecule has 2 aliphatic heterocycles. The summed E-state index contributed by atoms with van der Waals surface area (Å²) in [5.74, 6) is -0.0640. The molecule has 5 rings (SSSR count). The molecule has 174 valence electrons. The maximum absolute atomic E-state index is 13.3. The third kappa shape index (κ3) is 3.72. The van der Waals surface area contributed by atoms with Crippen molar-refractivity contribution in [1.82, 2.24) is 14.8 Å². The summed E-state index contributed by atoms with van der Waals surface area (Å²) < 4.78 is 6.20. The Morgan fingerprint density at radius 2 is 1.82 bits per heavy atom. The predicted molar refractivity (Wildman–Crippen MR) is 129 cm³/mol. The molecule has 2 fully saturated rings. The summed E-state index contributed by atoms with van der Waals surface area (Å²) in [6.07, 6.45) is 4.25. The summed E-state index contributed by atoms with van der Waals surface area (Å²) in [6, 6.07) is 20.8. The number of aromatic nitrogens is 1. The van der Waals surface area contributed by atoms with Crippen molar-refractivity contribution < 1.29 is 14.3 Å². The highest BCUT2D eigenvalue weighted by Crippen LogP contribution is 2.52. The molecule has 1 spiro atoms. The molecule has 0 radical (unpaired) electrons. The second-order valence-electron chi connectivity index (χ2n) is 9.05. The van der Waals surface area contributed by atoms with Gasteiger partial charge in [-0.25, -0.2) is 4.79 Å². The van der Waals surface area contributed by atoms with E-state index in [0.29, 0.717) is 43.1 Å². The fraction of sp³-hybridized carbons (Fsp3) is 0.296. The number of amides is 2. The van der Waals surface area contributed by atoms with Gasteiger partial charge in [0.05, 0.1) is 6.54 Å². The number of likely N-dealkylation sites (tertiary alicyclic amines) is 1. The number of benzene rings is 2. The molecule has 2 aliphatic rings. The maximum Gasteiger partial charge on any atom is 0.411 e. The Morgan fingerprint density at radius 1 is 1.06 bits per heavy atom. The van der Waals surface area contributed by atoms with Crippen LogP contribution in [-0.4, -0.2) is 45.5 Å². The minimum absolute atomic E-state index is 0.0640. The Labute approximate surface area is 204 Å². The topological polar surface area (TPSA) is 62.7 Å². The van der Waals surface area contributed by atoms with E-state index >= 15 is 0 Å². The Hall–Kier alpha value is -3.38. The van der Waals surface area contributed by atoms with Crippen LogP contribution in [0.25, 0.3) is 0 Å². The van der Waals surface area contributed by atoms with Crippen LogP contribution in [0.3, 0.4) is 0 Å². The van der Waals surface area contributed by atoms with Crippen LogP contribution >= 0.6 is 11.6 Å². The van der Waals surface area contributed by atoms with Crippen LogP contribution in [0.1, 0.15) is 41.3 Å². The van der Waals surface area contributed by atoms with E-state index in [1.165, 1.54) is 0 Å². The second-order valence-corrected chi connectivity index (χ2v) is 9.49. The van der Waals surface area contributed by atoms with E-state index in [1.54, 1.807) is 30.5 Å². The molecule has 34 heavy (non-hydrogen) atoms. The smallest absolute Gasteiger partial charge is 0.411 e. The summed E-state index contributed by atoms with van der Waals surface area (Å²) in [7, 11) is 0. The number of ether oxygens (including phenoxy) is 1. The average Bonchev–Trinajstić information content (AvgIpc) is 3.07. The standard InChI is InChI=1S/C27H26ClN3O3/c1-26(22-10-6-14-29-18-22)27(34-25(33)31(26)19-20-7-3-2-4-8-20)12-15-30(16-13-27)24(32)21-9-5-11-23(28)17-21/h2-11,14,17-18H,12-13,15-16,19H2,1H3. The molecule has 7 heteroatoms. The Bertz CT molecular complexity index is 1200. The number of carbonyl (C=O) groups excluding carboxylic acids is 2. The van der Waals surface area contributed by atoms with Crippen LogP contribution < -0.4 is 0 Å². The van der Waals surface area contributed by atoms with E-state index < -0.39 is 11.1 Å². The van der Waals surface area contributed by atoms with E-state index in [4.69, 9.17) is 16.3 Å². The molecule has 3 heterocycles. The predicted octanol–water partition coefficient (Wildman–Crippen LogP) is 5.28. The number of halogens is 1. The highest BCUT2D eigenvalue weighted by atomic mass is 35.5. The van der Waals surface area contributed by atoms with Crippen molar-refractivity contribution in [3.63, 3.8) is 0 Å². The Kier molecular flexibility index (Phi) is 5.78. The molecule has 2 saturated heterocycles. The van der Waals surface area contributed by atoms with Gasteiger partial charge in [-0.15, -0.1) is 0 Å². The van der Waals surface area contributed by atoms with Crippen molar-refractivity contribution in [2.24, 2.45) is 0 Å². The fourth-order valence-electron chi connectivity index (χ4n) is 5.27. The molecule has 1 aromatic heterocycles. The molecule has 0 N–H and O–H groups in total. The van der Waals surface area contributed by atoms with Crippen LogP contribution in [-0.2, 0) is 16.8 Å². The van der Waals surface area contributed by atoms with E-state index in [0.717, 1.165) is 11.1 Å². The molecule has 6 nitrogen and oxygen atoms in total.